The maximum absolute atomic E-state index is 10.8. The van der Waals surface area contributed by atoms with Crippen molar-refractivity contribution in [3.63, 3.8) is 0 Å². The zero-order chi connectivity index (χ0) is 10.7. The third kappa shape index (κ3) is 1.85. The second-order valence-corrected chi connectivity index (χ2v) is 3.62. The third-order valence-electron chi connectivity index (χ3n) is 2.88. The van der Waals surface area contributed by atoms with Gasteiger partial charge in [0.25, 0.3) is 0 Å². The summed E-state index contributed by atoms with van der Waals surface area (Å²) in [6.45, 7) is 6.23. The van der Waals surface area contributed by atoms with Crippen LogP contribution in [0.3, 0.4) is 0 Å². The fourth-order valence-electron chi connectivity index (χ4n) is 1.61. The molecule has 0 aliphatic heterocycles. The summed E-state index contributed by atoms with van der Waals surface area (Å²) in [6, 6.07) is 3.90. The Morgan fingerprint density at radius 3 is 2.36 bits per heavy atom. The SMILES string of the molecule is CNC(C=O)c1ccc(C)c(C)c1C. The number of likely N-dealkylation sites (N-methyl/N-ethyl adjacent to an activating group) is 1. The Hall–Kier alpha value is -1.15. The number of benzene rings is 1. The van der Waals surface area contributed by atoms with Crippen molar-refractivity contribution in [2.24, 2.45) is 0 Å². The highest BCUT2D eigenvalue weighted by Crippen LogP contribution is 2.21. The molecule has 1 aromatic rings. The lowest BCUT2D eigenvalue weighted by atomic mass is 9.95. The van der Waals surface area contributed by atoms with Crippen LogP contribution in [0.2, 0.25) is 0 Å². The highest BCUT2D eigenvalue weighted by molar-refractivity contribution is 5.63. The summed E-state index contributed by atoms with van der Waals surface area (Å²) in [4.78, 5) is 10.8. The van der Waals surface area contributed by atoms with Gasteiger partial charge in [0.05, 0.1) is 6.04 Å². The van der Waals surface area contributed by atoms with Gasteiger partial charge in [-0.05, 0) is 50.1 Å². The van der Waals surface area contributed by atoms with Gasteiger partial charge in [0.15, 0.2) is 0 Å². The van der Waals surface area contributed by atoms with E-state index in [9.17, 15) is 4.79 Å². The molecule has 1 aromatic carbocycles. The van der Waals surface area contributed by atoms with E-state index in [0.717, 1.165) is 11.8 Å². The molecule has 1 unspecified atom stereocenters. The number of nitrogens with one attached hydrogen (secondary N) is 1. The summed E-state index contributed by atoms with van der Waals surface area (Å²) in [5.74, 6) is 0. The quantitative estimate of drug-likeness (QED) is 0.741. The molecule has 0 aromatic heterocycles. The second-order valence-electron chi connectivity index (χ2n) is 3.62. The highest BCUT2D eigenvalue weighted by Gasteiger charge is 2.12. The molecule has 0 radical (unpaired) electrons. The third-order valence-corrected chi connectivity index (χ3v) is 2.88. The number of hydrogen-bond acceptors (Lipinski definition) is 2. The second kappa shape index (κ2) is 4.38. The van der Waals surface area contributed by atoms with Crippen LogP contribution < -0.4 is 5.32 Å². The van der Waals surface area contributed by atoms with Crippen LogP contribution in [0.1, 0.15) is 28.3 Å². The fraction of sp³-hybridized carbons (Fsp3) is 0.417. The van der Waals surface area contributed by atoms with Gasteiger partial charge in [0.2, 0.25) is 0 Å². The van der Waals surface area contributed by atoms with Crippen LogP contribution in [0.5, 0.6) is 0 Å². The zero-order valence-corrected chi connectivity index (χ0v) is 9.22. The Balaban J connectivity index is 3.22. The number of aryl methyl sites for hydroxylation is 1. The Labute approximate surface area is 85.3 Å². The Morgan fingerprint density at radius 1 is 1.21 bits per heavy atom. The van der Waals surface area contributed by atoms with E-state index in [4.69, 9.17) is 0 Å². The molecule has 0 aliphatic rings. The van der Waals surface area contributed by atoms with Crippen molar-refractivity contribution >= 4 is 6.29 Å². The minimum atomic E-state index is -0.186. The van der Waals surface area contributed by atoms with Crippen LogP contribution in [-0.4, -0.2) is 13.3 Å². The van der Waals surface area contributed by atoms with Crippen molar-refractivity contribution in [3.05, 3.63) is 34.4 Å². The zero-order valence-electron chi connectivity index (χ0n) is 9.22. The standard InChI is InChI=1S/C12H17NO/c1-8-5-6-11(10(3)9(8)2)12(7-14)13-4/h5-7,12-13H,1-4H3. The van der Waals surface area contributed by atoms with Crippen molar-refractivity contribution in [2.75, 3.05) is 7.05 Å². The maximum Gasteiger partial charge on any atom is 0.141 e. The van der Waals surface area contributed by atoms with Gasteiger partial charge in [-0.25, -0.2) is 0 Å². The summed E-state index contributed by atoms with van der Waals surface area (Å²) >= 11 is 0. The van der Waals surface area contributed by atoms with Gasteiger partial charge in [-0.15, -0.1) is 0 Å². The Morgan fingerprint density at radius 2 is 1.86 bits per heavy atom. The van der Waals surface area contributed by atoms with Gasteiger partial charge in [-0.3, -0.25) is 0 Å². The molecule has 0 saturated carbocycles. The topological polar surface area (TPSA) is 29.1 Å². The van der Waals surface area contributed by atoms with E-state index < -0.39 is 0 Å². The molecular formula is C12H17NO. The summed E-state index contributed by atoms with van der Waals surface area (Å²) in [7, 11) is 1.80. The van der Waals surface area contributed by atoms with Crippen LogP contribution in [0, 0.1) is 20.8 Å². The predicted molar refractivity (Wildman–Crippen MR) is 58.5 cm³/mol. The predicted octanol–water partition coefficient (Wildman–Crippen LogP) is 2.07. The molecule has 1 rings (SSSR count). The van der Waals surface area contributed by atoms with Gasteiger partial charge in [0, 0.05) is 0 Å². The summed E-state index contributed by atoms with van der Waals surface area (Å²) in [6.07, 6.45) is 0.942. The number of carbonyl (C=O) groups excluding carboxylic acids is 1. The average molecular weight is 191 g/mol. The molecule has 1 N–H and O–H groups in total. The van der Waals surface area contributed by atoms with Crippen molar-refractivity contribution in [1.82, 2.24) is 5.32 Å². The van der Waals surface area contributed by atoms with Crippen LogP contribution in [0.15, 0.2) is 12.1 Å². The minimum Gasteiger partial charge on any atom is -0.307 e. The van der Waals surface area contributed by atoms with Gasteiger partial charge in [-0.1, -0.05) is 12.1 Å². The molecule has 2 heteroatoms. The summed E-state index contributed by atoms with van der Waals surface area (Å²) < 4.78 is 0. The molecule has 0 aliphatic carbocycles. The van der Waals surface area contributed by atoms with Crippen molar-refractivity contribution in [3.8, 4) is 0 Å². The van der Waals surface area contributed by atoms with E-state index in [-0.39, 0.29) is 6.04 Å². The molecule has 0 fully saturated rings. The molecule has 1 atom stereocenters. The van der Waals surface area contributed by atoms with Crippen LogP contribution >= 0.6 is 0 Å². The Kier molecular flexibility index (Phi) is 3.42. The molecule has 0 amide bonds. The smallest absolute Gasteiger partial charge is 0.141 e. The van der Waals surface area contributed by atoms with E-state index in [1.54, 1.807) is 7.05 Å². The van der Waals surface area contributed by atoms with E-state index in [2.05, 4.69) is 32.2 Å². The Bertz CT molecular complexity index is 344. The molecule has 14 heavy (non-hydrogen) atoms. The number of hydrogen-bond donors (Lipinski definition) is 1. The van der Waals surface area contributed by atoms with Crippen LogP contribution in [-0.2, 0) is 4.79 Å². The molecular weight excluding hydrogens is 174 g/mol. The lowest BCUT2D eigenvalue weighted by molar-refractivity contribution is -0.109. The van der Waals surface area contributed by atoms with Gasteiger partial charge in [0.1, 0.15) is 6.29 Å². The first kappa shape index (κ1) is 10.9. The van der Waals surface area contributed by atoms with Gasteiger partial charge >= 0.3 is 0 Å². The highest BCUT2D eigenvalue weighted by atomic mass is 16.1. The largest absolute Gasteiger partial charge is 0.307 e. The fourth-order valence-corrected chi connectivity index (χ4v) is 1.61. The first-order valence-corrected chi connectivity index (χ1v) is 4.81. The molecule has 0 spiro atoms. The van der Waals surface area contributed by atoms with E-state index in [1.807, 2.05) is 6.07 Å². The van der Waals surface area contributed by atoms with Gasteiger partial charge < -0.3 is 10.1 Å². The normalized spacial score (nSPS) is 12.6. The molecule has 2 nitrogen and oxygen atoms in total. The number of aldehydes is 1. The maximum atomic E-state index is 10.8. The van der Waals surface area contributed by atoms with Crippen LogP contribution in [0.25, 0.3) is 0 Å². The van der Waals surface area contributed by atoms with Crippen molar-refractivity contribution in [2.45, 2.75) is 26.8 Å². The number of carbonyl (C=O) groups is 1. The molecule has 76 valence electrons. The van der Waals surface area contributed by atoms with E-state index in [1.165, 1.54) is 16.7 Å². The first-order chi connectivity index (χ1) is 6.61. The lowest BCUT2D eigenvalue weighted by Gasteiger charge is -2.15. The van der Waals surface area contributed by atoms with E-state index in [0.29, 0.717) is 0 Å². The summed E-state index contributed by atoms with van der Waals surface area (Å²) in [5, 5.41) is 2.99. The van der Waals surface area contributed by atoms with Crippen molar-refractivity contribution in [1.29, 1.82) is 0 Å². The minimum absolute atomic E-state index is 0.186. The lowest BCUT2D eigenvalue weighted by Crippen LogP contribution is -2.19. The van der Waals surface area contributed by atoms with Crippen LogP contribution in [0.4, 0.5) is 0 Å². The summed E-state index contributed by atoms with van der Waals surface area (Å²) in [5.41, 5.74) is 4.82. The monoisotopic (exact) mass is 191 g/mol. The van der Waals surface area contributed by atoms with Gasteiger partial charge in [-0.2, -0.15) is 0 Å². The molecule has 0 saturated heterocycles. The molecule has 0 bridgehead atoms. The van der Waals surface area contributed by atoms with Crippen molar-refractivity contribution < 1.29 is 4.79 Å². The molecule has 0 heterocycles. The first-order valence-electron chi connectivity index (χ1n) is 4.81. The average Bonchev–Trinajstić information content (AvgIpc) is 2.19. The van der Waals surface area contributed by atoms with E-state index >= 15 is 0 Å². The number of rotatable bonds is 3.